The van der Waals surface area contributed by atoms with Crippen LogP contribution in [0.4, 0.5) is 15.8 Å². The van der Waals surface area contributed by atoms with Gasteiger partial charge in [-0.25, -0.2) is 4.39 Å². The molecular formula is C16H16FN3. The Labute approximate surface area is 117 Å². The van der Waals surface area contributed by atoms with Crippen LogP contribution in [0.25, 0.3) is 0 Å². The van der Waals surface area contributed by atoms with E-state index in [0.29, 0.717) is 5.56 Å². The molecule has 0 fully saturated rings. The van der Waals surface area contributed by atoms with E-state index in [1.165, 1.54) is 17.7 Å². The standard InChI is InChI=1S/C16H16FN3/c1-10-8-11-4-2-3-5-14(11)20(10)15-7-6-12(17)9-13(15)16(18)19/h2-7,9-10H,8H2,1H3,(H3,18,19). The Kier molecular flexibility index (Phi) is 2.93. The Morgan fingerprint density at radius 3 is 2.75 bits per heavy atom. The highest BCUT2D eigenvalue weighted by Crippen LogP contribution is 2.39. The van der Waals surface area contributed by atoms with E-state index in [9.17, 15) is 4.39 Å². The molecule has 0 spiro atoms. The van der Waals surface area contributed by atoms with E-state index >= 15 is 0 Å². The van der Waals surface area contributed by atoms with Crippen LogP contribution >= 0.6 is 0 Å². The average molecular weight is 269 g/mol. The number of rotatable bonds is 2. The minimum Gasteiger partial charge on any atom is -0.384 e. The fourth-order valence-electron chi connectivity index (χ4n) is 2.87. The second-order valence-corrected chi connectivity index (χ2v) is 5.13. The summed E-state index contributed by atoms with van der Waals surface area (Å²) >= 11 is 0. The van der Waals surface area contributed by atoms with Crippen LogP contribution in [0.3, 0.4) is 0 Å². The number of halogens is 1. The molecule has 0 radical (unpaired) electrons. The lowest BCUT2D eigenvalue weighted by Gasteiger charge is -2.27. The third kappa shape index (κ3) is 1.93. The maximum Gasteiger partial charge on any atom is 0.125 e. The molecule has 2 aromatic rings. The van der Waals surface area contributed by atoms with Gasteiger partial charge in [-0.05, 0) is 43.2 Å². The molecule has 1 atom stereocenters. The van der Waals surface area contributed by atoms with Gasteiger partial charge in [-0.15, -0.1) is 0 Å². The first-order valence-electron chi connectivity index (χ1n) is 6.59. The van der Waals surface area contributed by atoms with Crippen LogP contribution in [0.5, 0.6) is 0 Å². The van der Waals surface area contributed by atoms with Gasteiger partial charge in [0.1, 0.15) is 11.7 Å². The summed E-state index contributed by atoms with van der Waals surface area (Å²) in [4.78, 5) is 2.13. The molecule has 20 heavy (non-hydrogen) atoms. The van der Waals surface area contributed by atoms with Crippen molar-refractivity contribution >= 4 is 17.2 Å². The number of nitrogens with one attached hydrogen (secondary N) is 1. The quantitative estimate of drug-likeness (QED) is 0.650. The highest BCUT2D eigenvalue weighted by Gasteiger charge is 2.28. The van der Waals surface area contributed by atoms with Crippen molar-refractivity contribution in [1.29, 1.82) is 5.41 Å². The van der Waals surface area contributed by atoms with Gasteiger partial charge in [0.05, 0.1) is 5.69 Å². The molecule has 1 aliphatic rings. The predicted octanol–water partition coefficient (Wildman–Crippen LogP) is 3.19. The lowest BCUT2D eigenvalue weighted by Crippen LogP contribution is -2.27. The summed E-state index contributed by atoms with van der Waals surface area (Å²) in [5, 5.41) is 7.67. The van der Waals surface area contributed by atoms with Gasteiger partial charge in [0.15, 0.2) is 0 Å². The van der Waals surface area contributed by atoms with Gasteiger partial charge >= 0.3 is 0 Å². The number of nitrogens with two attached hydrogens (primary N) is 1. The van der Waals surface area contributed by atoms with Crippen LogP contribution in [-0.4, -0.2) is 11.9 Å². The number of nitrogens with zero attached hydrogens (tertiary/aromatic N) is 1. The average Bonchev–Trinajstić information content (AvgIpc) is 2.74. The zero-order valence-electron chi connectivity index (χ0n) is 11.2. The molecule has 3 nitrogen and oxygen atoms in total. The number of benzene rings is 2. The molecular weight excluding hydrogens is 253 g/mol. The molecule has 1 heterocycles. The monoisotopic (exact) mass is 269 g/mol. The number of para-hydroxylation sites is 1. The molecule has 0 aromatic heterocycles. The minimum atomic E-state index is -0.376. The minimum absolute atomic E-state index is 0.115. The van der Waals surface area contributed by atoms with E-state index in [1.54, 1.807) is 6.07 Å². The largest absolute Gasteiger partial charge is 0.384 e. The molecule has 3 rings (SSSR count). The maximum atomic E-state index is 13.4. The number of nitrogen functional groups attached to an aromatic ring is 1. The van der Waals surface area contributed by atoms with Crippen molar-refractivity contribution in [3.63, 3.8) is 0 Å². The fourth-order valence-corrected chi connectivity index (χ4v) is 2.87. The Hall–Kier alpha value is -2.36. The van der Waals surface area contributed by atoms with E-state index in [2.05, 4.69) is 17.9 Å². The normalized spacial score (nSPS) is 17.1. The molecule has 0 amide bonds. The maximum absolute atomic E-state index is 13.4. The number of amidine groups is 1. The molecule has 0 bridgehead atoms. The van der Waals surface area contributed by atoms with Crippen LogP contribution in [0.15, 0.2) is 42.5 Å². The van der Waals surface area contributed by atoms with Gasteiger partial charge < -0.3 is 10.6 Å². The number of anilines is 2. The van der Waals surface area contributed by atoms with Gasteiger partial charge in [-0.2, -0.15) is 0 Å². The smallest absolute Gasteiger partial charge is 0.125 e. The highest BCUT2D eigenvalue weighted by atomic mass is 19.1. The van der Waals surface area contributed by atoms with Crippen molar-refractivity contribution in [2.24, 2.45) is 5.73 Å². The molecule has 4 heteroatoms. The van der Waals surface area contributed by atoms with Gasteiger partial charge in [-0.3, -0.25) is 5.41 Å². The van der Waals surface area contributed by atoms with Crippen LogP contribution in [-0.2, 0) is 6.42 Å². The number of fused-ring (bicyclic) bond motifs is 1. The first-order chi connectivity index (χ1) is 9.58. The van der Waals surface area contributed by atoms with Crippen molar-refractivity contribution in [2.75, 3.05) is 4.90 Å². The van der Waals surface area contributed by atoms with Crippen LogP contribution in [0.2, 0.25) is 0 Å². The molecule has 1 unspecified atom stereocenters. The third-order valence-electron chi connectivity index (χ3n) is 3.72. The summed E-state index contributed by atoms with van der Waals surface area (Å²) in [6.45, 7) is 2.12. The number of hydrogen-bond acceptors (Lipinski definition) is 2. The van der Waals surface area contributed by atoms with Crippen molar-refractivity contribution < 1.29 is 4.39 Å². The summed E-state index contributed by atoms with van der Waals surface area (Å²) < 4.78 is 13.4. The second-order valence-electron chi connectivity index (χ2n) is 5.13. The highest BCUT2D eigenvalue weighted by molar-refractivity contribution is 6.01. The Morgan fingerprint density at radius 2 is 2.00 bits per heavy atom. The topological polar surface area (TPSA) is 53.1 Å². The summed E-state index contributed by atoms with van der Waals surface area (Å²) in [5.74, 6) is -0.491. The fraction of sp³-hybridized carbons (Fsp3) is 0.188. The molecule has 2 aromatic carbocycles. The lowest BCUT2D eigenvalue weighted by molar-refractivity contribution is 0.627. The lowest BCUT2D eigenvalue weighted by atomic mass is 10.1. The van der Waals surface area contributed by atoms with Crippen LogP contribution in [0, 0.1) is 11.2 Å². The van der Waals surface area contributed by atoms with Gasteiger partial charge in [-0.1, -0.05) is 18.2 Å². The molecule has 0 saturated carbocycles. The van der Waals surface area contributed by atoms with Crippen LogP contribution in [0.1, 0.15) is 18.1 Å². The Morgan fingerprint density at radius 1 is 1.25 bits per heavy atom. The van der Waals surface area contributed by atoms with E-state index in [4.69, 9.17) is 11.1 Å². The van der Waals surface area contributed by atoms with Crippen molar-refractivity contribution in [2.45, 2.75) is 19.4 Å². The molecule has 0 saturated heterocycles. The van der Waals surface area contributed by atoms with Crippen molar-refractivity contribution in [1.82, 2.24) is 0 Å². The third-order valence-corrected chi connectivity index (χ3v) is 3.72. The van der Waals surface area contributed by atoms with Gasteiger partial charge in [0.25, 0.3) is 0 Å². The second kappa shape index (κ2) is 4.63. The zero-order chi connectivity index (χ0) is 14.3. The Bertz CT molecular complexity index is 681. The van der Waals surface area contributed by atoms with Crippen molar-refractivity contribution in [3.8, 4) is 0 Å². The van der Waals surface area contributed by atoms with E-state index < -0.39 is 0 Å². The first kappa shape index (κ1) is 12.7. The predicted molar refractivity (Wildman–Crippen MR) is 79.2 cm³/mol. The van der Waals surface area contributed by atoms with Gasteiger partial charge in [0.2, 0.25) is 0 Å². The molecule has 3 N–H and O–H groups in total. The zero-order valence-corrected chi connectivity index (χ0v) is 11.2. The van der Waals surface area contributed by atoms with E-state index in [1.807, 2.05) is 18.2 Å². The molecule has 102 valence electrons. The first-order valence-corrected chi connectivity index (χ1v) is 6.59. The number of hydrogen-bond donors (Lipinski definition) is 2. The molecule has 0 aliphatic carbocycles. The summed E-state index contributed by atoms with van der Waals surface area (Å²) in [6, 6.07) is 12.9. The summed E-state index contributed by atoms with van der Waals surface area (Å²) in [6.07, 6.45) is 0.935. The van der Waals surface area contributed by atoms with Gasteiger partial charge in [0, 0.05) is 17.3 Å². The Balaban J connectivity index is 2.17. The van der Waals surface area contributed by atoms with E-state index in [0.717, 1.165) is 17.8 Å². The summed E-state index contributed by atoms with van der Waals surface area (Å²) in [5.41, 5.74) is 9.20. The SMILES string of the molecule is CC1Cc2ccccc2N1c1ccc(F)cc1C(=N)N. The molecule has 1 aliphatic heterocycles. The van der Waals surface area contributed by atoms with Crippen molar-refractivity contribution in [3.05, 3.63) is 59.4 Å². The van der Waals surface area contributed by atoms with E-state index in [-0.39, 0.29) is 17.7 Å². The summed E-state index contributed by atoms with van der Waals surface area (Å²) in [7, 11) is 0. The van der Waals surface area contributed by atoms with Crippen LogP contribution < -0.4 is 10.6 Å².